The fraction of sp³-hybridized carbons (Fsp3) is 0.714. The van der Waals surface area contributed by atoms with E-state index in [2.05, 4.69) is 22.1 Å². The lowest BCUT2D eigenvalue weighted by molar-refractivity contribution is 0.819. The van der Waals surface area contributed by atoms with Crippen molar-refractivity contribution in [3.05, 3.63) is 5.82 Å². The molecule has 0 aromatic carbocycles. The Balaban J connectivity index is 2.50. The third-order valence-electron chi connectivity index (χ3n) is 1.57. The number of thioether (sulfide) groups is 1. The van der Waals surface area contributed by atoms with E-state index >= 15 is 0 Å². The van der Waals surface area contributed by atoms with Crippen molar-refractivity contribution in [2.45, 2.75) is 30.7 Å². The van der Waals surface area contributed by atoms with Gasteiger partial charge >= 0.3 is 0 Å². The summed E-state index contributed by atoms with van der Waals surface area (Å²) in [6.07, 6.45) is 1.05. The second kappa shape index (κ2) is 4.47. The molecule has 1 unspecified atom stereocenters. The number of aromatic nitrogens is 3. The van der Waals surface area contributed by atoms with Crippen molar-refractivity contribution < 1.29 is 0 Å². The van der Waals surface area contributed by atoms with Crippen LogP contribution in [0, 0.1) is 6.92 Å². The van der Waals surface area contributed by atoms with Crippen LogP contribution >= 0.6 is 11.8 Å². The first kappa shape index (κ1) is 9.54. The van der Waals surface area contributed by atoms with Crippen molar-refractivity contribution in [1.82, 2.24) is 15.2 Å². The summed E-state index contributed by atoms with van der Waals surface area (Å²) in [7, 11) is 0. The Morgan fingerprint density at radius 2 is 2.42 bits per heavy atom. The Labute approximate surface area is 76.3 Å². The highest BCUT2D eigenvalue weighted by Crippen LogP contribution is 2.20. The van der Waals surface area contributed by atoms with Crippen LogP contribution in [0.25, 0.3) is 0 Å². The van der Waals surface area contributed by atoms with Gasteiger partial charge in [0.15, 0.2) is 0 Å². The summed E-state index contributed by atoms with van der Waals surface area (Å²) < 4.78 is 0. The molecule has 0 saturated carbocycles. The molecule has 1 heterocycles. The fourth-order valence-electron chi connectivity index (χ4n) is 0.822. The van der Waals surface area contributed by atoms with Crippen molar-refractivity contribution in [2.75, 3.05) is 6.54 Å². The van der Waals surface area contributed by atoms with Crippen molar-refractivity contribution >= 4 is 11.8 Å². The molecule has 0 bridgehead atoms. The summed E-state index contributed by atoms with van der Waals surface area (Å²) in [5, 5.41) is 8.05. The van der Waals surface area contributed by atoms with Crippen molar-refractivity contribution in [1.29, 1.82) is 0 Å². The molecule has 12 heavy (non-hydrogen) atoms. The van der Waals surface area contributed by atoms with Crippen LogP contribution in [-0.2, 0) is 0 Å². The monoisotopic (exact) mass is 186 g/mol. The lowest BCUT2D eigenvalue weighted by Crippen LogP contribution is -2.15. The summed E-state index contributed by atoms with van der Waals surface area (Å²) in [5.74, 6) is 0.851. The summed E-state index contributed by atoms with van der Waals surface area (Å²) in [4.78, 5) is 4.19. The van der Waals surface area contributed by atoms with Crippen LogP contribution < -0.4 is 5.73 Å². The number of aryl methyl sites for hydroxylation is 1. The fourth-order valence-corrected chi connectivity index (χ4v) is 1.67. The van der Waals surface area contributed by atoms with E-state index in [1.807, 2.05) is 6.92 Å². The number of nitrogens with two attached hydrogens (primary N) is 1. The van der Waals surface area contributed by atoms with E-state index in [0.29, 0.717) is 11.8 Å². The Kier molecular flexibility index (Phi) is 3.55. The van der Waals surface area contributed by atoms with E-state index in [-0.39, 0.29) is 0 Å². The van der Waals surface area contributed by atoms with Crippen LogP contribution in [0.5, 0.6) is 0 Å². The van der Waals surface area contributed by atoms with Crippen molar-refractivity contribution in [2.24, 2.45) is 5.73 Å². The molecule has 0 aliphatic carbocycles. The van der Waals surface area contributed by atoms with Crippen LogP contribution in [0.2, 0.25) is 0 Å². The maximum atomic E-state index is 5.55. The van der Waals surface area contributed by atoms with Gasteiger partial charge in [0.25, 0.3) is 0 Å². The van der Waals surface area contributed by atoms with Gasteiger partial charge < -0.3 is 5.73 Å². The van der Waals surface area contributed by atoms with Crippen LogP contribution in [0.3, 0.4) is 0 Å². The van der Waals surface area contributed by atoms with Crippen LogP contribution in [0.15, 0.2) is 5.16 Å². The number of nitrogens with zero attached hydrogens (tertiary/aromatic N) is 2. The van der Waals surface area contributed by atoms with E-state index in [1.165, 1.54) is 0 Å². The molecule has 0 spiro atoms. The second-order valence-corrected chi connectivity index (χ2v) is 3.85. The first-order valence-corrected chi connectivity index (χ1v) is 4.90. The number of nitrogens with one attached hydrogen (secondary N) is 1. The number of aromatic amines is 1. The molecule has 3 N–H and O–H groups in total. The summed E-state index contributed by atoms with van der Waals surface area (Å²) in [6, 6.07) is 0. The van der Waals surface area contributed by atoms with Gasteiger partial charge in [-0.2, -0.15) is 0 Å². The highest BCUT2D eigenvalue weighted by Gasteiger charge is 2.08. The van der Waals surface area contributed by atoms with E-state index < -0.39 is 0 Å². The van der Waals surface area contributed by atoms with E-state index in [4.69, 9.17) is 5.73 Å². The Morgan fingerprint density at radius 1 is 1.67 bits per heavy atom. The SMILES string of the molecule is CCC(CN)Sc1n[nH]c(C)n1. The van der Waals surface area contributed by atoms with Gasteiger partial charge in [-0.25, -0.2) is 4.98 Å². The van der Waals surface area contributed by atoms with Gasteiger partial charge in [0.2, 0.25) is 5.16 Å². The number of hydrogen-bond donors (Lipinski definition) is 2. The van der Waals surface area contributed by atoms with Gasteiger partial charge in [0, 0.05) is 11.8 Å². The molecule has 4 nitrogen and oxygen atoms in total. The third kappa shape index (κ3) is 2.49. The molecule has 1 rings (SSSR count). The minimum Gasteiger partial charge on any atom is -0.329 e. The summed E-state index contributed by atoms with van der Waals surface area (Å²) >= 11 is 1.63. The molecular formula is C7H14N4S. The normalized spacial score (nSPS) is 13.2. The highest BCUT2D eigenvalue weighted by atomic mass is 32.2. The Bertz CT molecular complexity index is 231. The van der Waals surface area contributed by atoms with Gasteiger partial charge in [0.1, 0.15) is 5.82 Å². The zero-order valence-corrected chi connectivity index (χ0v) is 8.19. The van der Waals surface area contributed by atoms with Crippen LogP contribution in [0.1, 0.15) is 19.2 Å². The van der Waals surface area contributed by atoms with Crippen molar-refractivity contribution in [3.8, 4) is 0 Å². The zero-order valence-electron chi connectivity index (χ0n) is 7.37. The molecule has 0 aliphatic heterocycles. The molecule has 68 valence electrons. The Hall–Kier alpha value is -0.550. The molecule has 0 aliphatic rings. The lowest BCUT2D eigenvalue weighted by Gasteiger charge is -2.07. The summed E-state index contributed by atoms with van der Waals surface area (Å²) in [6.45, 7) is 4.68. The number of hydrogen-bond acceptors (Lipinski definition) is 4. The number of H-pyrrole nitrogens is 1. The zero-order chi connectivity index (χ0) is 8.97. The minimum atomic E-state index is 0.431. The molecule has 1 aromatic rings. The molecule has 1 aromatic heterocycles. The van der Waals surface area contributed by atoms with E-state index in [1.54, 1.807) is 11.8 Å². The molecule has 0 radical (unpaired) electrons. The molecule has 0 amide bonds. The maximum Gasteiger partial charge on any atom is 0.208 e. The van der Waals surface area contributed by atoms with Gasteiger partial charge in [0.05, 0.1) is 0 Å². The number of rotatable bonds is 4. The van der Waals surface area contributed by atoms with E-state index in [0.717, 1.165) is 17.4 Å². The molecule has 0 saturated heterocycles. The average Bonchev–Trinajstić information content (AvgIpc) is 2.47. The summed E-state index contributed by atoms with van der Waals surface area (Å²) in [5.41, 5.74) is 5.55. The van der Waals surface area contributed by atoms with Crippen molar-refractivity contribution in [3.63, 3.8) is 0 Å². The predicted molar refractivity (Wildman–Crippen MR) is 50.1 cm³/mol. The first-order chi connectivity index (χ1) is 5.76. The van der Waals surface area contributed by atoms with Gasteiger partial charge in [-0.15, -0.1) is 5.10 Å². The average molecular weight is 186 g/mol. The maximum absolute atomic E-state index is 5.55. The first-order valence-electron chi connectivity index (χ1n) is 4.02. The highest BCUT2D eigenvalue weighted by molar-refractivity contribution is 7.99. The second-order valence-electron chi connectivity index (χ2n) is 2.59. The van der Waals surface area contributed by atoms with E-state index in [9.17, 15) is 0 Å². The quantitative estimate of drug-likeness (QED) is 0.687. The Morgan fingerprint density at radius 3 is 2.83 bits per heavy atom. The lowest BCUT2D eigenvalue weighted by atomic mass is 10.3. The molecule has 5 heteroatoms. The third-order valence-corrected chi connectivity index (χ3v) is 2.82. The van der Waals surface area contributed by atoms with Gasteiger partial charge in [-0.1, -0.05) is 18.7 Å². The minimum absolute atomic E-state index is 0.431. The van der Waals surface area contributed by atoms with Gasteiger partial charge in [-0.05, 0) is 13.3 Å². The molecule has 1 atom stereocenters. The largest absolute Gasteiger partial charge is 0.329 e. The molecule has 0 fully saturated rings. The predicted octanol–water partition coefficient (Wildman–Crippen LogP) is 0.943. The topological polar surface area (TPSA) is 67.6 Å². The standard InChI is InChI=1S/C7H14N4S/c1-3-6(4-8)12-7-9-5(2)10-11-7/h6H,3-4,8H2,1-2H3,(H,9,10,11). The van der Waals surface area contributed by atoms with Gasteiger partial charge in [-0.3, -0.25) is 5.10 Å². The van der Waals surface area contributed by atoms with Crippen LogP contribution in [0.4, 0.5) is 0 Å². The smallest absolute Gasteiger partial charge is 0.208 e. The van der Waals surface area contributed by atoms with Crippen LogP contribution in [-0.4, -0.2) is 27.0 Å². The molecular weight excluding hydrogens is 172 g/mol.